The lowest BCUT2D eigenvalue weighted by molar-refractivity contribution is 0.102. The van der Waals surface area contributed by atoms with Gasteiger partial charge in [-0.2, -0.15) is 0 Å². The minimum atomic E-state index is -4.21. The molecule has 3 rings (SSSR count). The normalized spacial score (nSPS) is 11.3. The largest absolute Gasteiger partial charge is 0.322 e. The molecule has 0 bridgehead atoms. The van der Waals surface area contributed by atoms with Gasteiger partial charge in [0, 0.05) is 17.8 Å². The van der Waals surface area contributed by atoms with Gasteiger partial charge in [0.05, 0.1) is 0 Å². The first-order chi connectivity index (χ1) is 14.2. The van der Waals surface area contributed by atoms with E-state index in [2.05, 4.69) is 10.0 Å². The van der Waals surface area contributed by atoms with Crippen molar-refractivity contribution in [2.75, 3.05) is 5.32 Å². The first-order valence-electron chi connectivity index (χ1n) is 9.08. The van der Waals surface area contributed by atoms with Crippen molar-refractivity contribution in [2.24, 2.45) is 0 Å². The lowest BCUT2D eigenvalue weighted by Gasteiger charge is -2.11. The smallest absolute Gasteiger partial charge is 0.255 e. The molecule has 0 heterocycles. The molecule has 0 fully saturated rings. The predicted octanol–water partition coefficient (Wildman–Crippen LogP) is 4.31. The molecule has 0 aliphatic rings. The summed E-state index contributed by atoms with van der Waals surface area (Å²) in [5.41, 5.74) is 2.28. The van der Waals surface area contributed by atoms with Crippen molar-refractivity contribution >= 4 is 21.6 Å². The number of hydrogen-bond acceptors (Lipinski definition) is 3. The number of halogens is 2. The number of anilines is 1. The monoisotopic (exact) mass is 430 g/mol. The van der Waals surface area contributed by atoms with Crippen LogP contribution in [0.1, 0.15) is 27.0 Å². The fourth-order valence-corrected chi connectivity index (χ4v) is 3.81. The van der Waals surface area contributed by atoms with Crippen LogP contribution in [0.4, 0.5) is 14.5 Å². The molecule has 0 atom stereocenters. The molecule has 156 valence electrons. The van der Waals surface area contributed by atoms with Gasteiger partial charge in [0.15, 0.2) is 0 Å². The summed E-state index contributed by atoms with van der Waals surface area (Å²) in [6.07, 6.45) is 0. The summed E-state index contributed by atoms with van der Waals surface area (Å²) in [6, 6.07) is 14.4. The highest BCUT2D eigenvalue weighted by molar-refractivity contribution is 7.89. The number of sulfonamides is 1. The molecule has 0 unspecified atom stereocenters. The van der Waals surface area contributed by atoms with Gasteiger partial charge in [0.1, 0.15) is 16.5 Å². The Kier molecular flexibility index (Phi) is 6.28. The van der Waals surface area contributed by atoms with Crippen LogP contribution in [0.15, 0.2) is 65.6 Å². The fraction of sp³-hybridized carbons (Fsp3) is 0.136. The fourth-order valence-electron chi connectivity index (χ4n) is 2.69. The Morgan fingerprint density at radius 2 is 1.60 bits per heavy atom. The summed E-state index contributed by atoms with van der Waals surface area (Å²) in [5, 5.41) is 2.47. The third-order valence-corrected chi connectivity index (χ3v) is 5.92. The number of aryl methyl sites for hydroxylation is 2. The average molecular weight is 430 g/mol. The average Bonchev–Trinajstić information content (AvgIpc) is 2.70. The van der Waals surface area contributed by atoms with E-state index in [0.29, 0.717) is 11.1 Å². The SMILES string of the molecule is Cc1ccc(CNS(=O)(=O)c2cc(C(=O)Nc3ccc(C)c(F)c3)ccc2F)cc1. The lowest BCUT2D eigenvalue weighted by Crippen LogP contribution is -2.25. The molecule has 0 saturated heterocycles. The molecule has 0 aliphatic heterocycles. The van der Waals surface area contributed by atoms with Gasteiger partial charge in [-0.25, -0.2) is 21.9 Å². The molecule has 1 amide bonds. The number of hydrogen-bond donors (Lipinski definition) is 2. The molecule has 0 aliphatic carbocycles. The van der Waals surface area contributed by atoms with Gasteiger partial charge < -0.3 is 5.32 Å². The molecule has 2 N–H and O–H groups in total. The van der Waals surface area contributed by atoms with Crippen molar-refractivity contribution in [1.29, 1.82) is 0 Å². The van der Waals surface area contributed by atoms with Gasteiger partial charge in [-0.15, -0.1) is 0 Å². The van der Waals surface area contributed by atoms with E-state index in [0.717, 1.165) is 29.8 Å². The van der Waals surface area contributed by atoms with Crippen molar-refractivity contribution in [1.82, 2.24) is 4.72 Å². The number of rotatable bonds is 6. The van der Waals surface area contributed by atoms with Gasteiger partial charge in [0.25, 0.3) is 5.91 Å². The standard InChI is InChI=1S/C22H20F2N2O3S/c1-14-3-6-16(7-4-14)13-25-30(28,29)21-11-17(8-10-19(21)23)22(27)26-18-9-5-15(2)20(24)12-18/h3-12,25H,13H2,1-2H3,(H,26,27). The number of amides is 1. The van der Waals surface area contributed by atoms with E-state index in [9.17, 15) is 22.0 Å². The molecule has 3 aromatic carbocycles. The van der Waals surface area contributed by atoms with E-state index >= 15 is 0 Å². The van der Waals surface area contributed by atoms with Crippen molar-refractivity contribution in [3.8, 4) is 0 Å². The summed E-state index contributed by atoms with van der Waals surface area (Å²) in [7, 11) is -4.21. The van der Waals surface area contributed by atoms with E-state index in [1.807, 2.05) is 19.1 Å². The molecule has 0 radical (unpaired) electrons. The van der Waals surface area contributed by atoms with Crippen molar-refractivity contribution < 1.29 is 22.0 Å². The van der Waals surface area contributed by atoms with Gasteiger partial charge in [-0.3, -0.25) is 4.79 Å². The molecule has 8 heteroatoms. The topological polar surface area (TPSA) is 75.3 Å². The van der Waals surface area contributed by atoms with Gasteiger partial charge in [-0.05, 0) is 55.3 Å². The zero-order chi connectivity index (χ0) is 21.9. The van der Waals surface area contributed by atoms with Crippen LogP contribution >= 0.6 is 0 Å². The quantitative estimate of drug-likeness (QED) is 0.612. The highest BCUT2D eigenvalue weighted by atomic mass is 32.2. The van der Waals surface area contributed by atoms with Crippen LogP contribution in [-0.2, 0) is 16.6 Å². The Bertz CT molecular complexity index is 1190. The Labute approximate surface area is 173 Å². The molecule has 30 heavy (non-hydrogen) atoms. The molecule has 0 aromatic heterocycles. The summed E-state index contributed by atoms with van der Waals surface area (Å²) in [4.78, 5) is 11.8. The number of nitrogens with one attached hydrogen (secondary N) is 2. The van der Waals surface area contributed by atoms with E-state index in [-0.39, 0.29) is 17.8 Å². The Morgan fingerprint density at radius 3 is 2.27 bits per heavy atom. The maximum atomic E-state index is 14.2. The van der Waals surface area contributed by atoms with Crippen LogP contribution in [0.25, 0.3) is 0 Å². The number of carbonyl (C=O) groups is 1. The highest BCUT2D eigenvalue weighted by Crippen LogP contribution is 2.19. The summed E-state index contributed by atoms with van der Waals surface area (Å²) in [6.45, 7) is 3.47. The number of benzene rings is 3. The van der Waals surface area contributed by atoms with Gasteiger partial charge in [0.2, 0.25) is 10.0 Å². The summed E-state index contributed by atoms with van der Waals surface area (Å²) in [5.74, 6) is -2.16. The summed E-state index contributed by atoms with van der Waals surface area (Å²) >= 11 is 0. The number of carbonyl (C=O) groups excluding carboxylic acids is 1. The van der Waals surface area contributed by atoms with Crippen molar-refractivity contribution in [2.45, 2.75) is 25.3 Å². The van der Waals surface area contributed by atoms with Gasteiger partial charge in [-0.1, -0.05) is 35.9 Å². The van der Waals surface area contributed by atoms with Crippen molar-refractivity contribution in [3.63, 3.8) is 0 Å². The Morgan fingerprint density at radius 1 is 0.900 bits per heavy atom. The third-order valence-electron chi connectivity index (χ3n) is 4.50. The molecule has 3 aromatic rings. The second kappa shape index (κ2) is 8.73. The molecule has 0 saturated carbocycles. The van der Waals surface area contributed by atoms with Crippen LogP contribution in [-0.4, -0.2) is 14.3 Å². The maximum Gasteiger partial charge on any atom is 0.255 e. The van der Waals surface area contributed by atoms with Crippen LogP contribution in [0.2, 0.25) is 0 Å². The summed E-state index contributed by atoms with van der Waals surface area (Å²) < 4.78 is 55.4. The molecular weight excluding hydrogens is 410 g/mol. The van der Waals surface area contributed by atoms with Crippen LogP contribution in [0.5, 0.6) is 0 Å². The lowest BCUT2D eigenvalue weighted by atomic mass is 10.2. The third kappa shape index (κ3) is 5.08. The first kappa shape index (κ1) is 21.6. The zero-order valence-corrected chi connectivity index (χ0v) is 17.2. The van der Waals surface area contributed by atoms with E-state index in [1.165, 1.54) is 12.1 Å². The molecule has 0 spiro atoms. The second-order valence-corrected chi connectivity index (χ2v) is 8.61. The first-order valence-corrected chi connectivity index (χ1v) is 10.6. The minimum Gasteiger partial charge on any atom is -0.322 e. The zero-order valence-electron chi connectivity index (χ0n) is 16.4. The predicted molar refractivity (Wildman–Crippen MR) is 111 cm³/mol. The minimum absolute atomic E-state index is 0.0267. The van der Waals surface area contributed by atoms with Crippen LogP contribution < -0.4 is 10.0 Å². The highest BCUT2D eigenvalue weighted by Gasteiger charge is 2.21. The van der Waals surface area contributed by atoms with Crippen LogP contribution in [0.3, 0.4) is 0 Å². The van der Waals surface area contributed by atoms with E-state index in [1.54, 1.807) is 19.1 Å². The van der Waals surface area contributed by atoms with Gasteiger partial charge >= 0.3 is 0 Å². The maximum absolute atomic E-state index is 14.2. The van der Waals surface area contributed by atoms with Crippen molar-refractivity contribution in [3.05, 3.63) is 94.6 Å². The molecule has 5 nitrogen and oxygen atoms in total. The Balaban J connectivity index is 1.80. The van der Waals surface area contributed by atoms with Crippen LogP contribution in [0, 0.1) is 25.5 Å². The van der Waals surface area contributed by atoms with E-state index in [4.69, 9.17) is 0 Å². The second-order valence-electron chi connectivity index (χ2n) is 6.87. The molecular formula is C22H20F2N2O3S. The Hall–Kier alpha value is -3.10. The van der Waals surface area contributed by atoms with E-state index < -0.39 is 32.5 Å².